The van der Waals surface area contributed by atoms with E-state index in [1.54, 1.807) is 6.92 Å². The highest BCUT2D eigenvalue weighted by Gasteiger charge is 2.19. The number of hydrogen-bond donors (Lipinski definition) is 3. The number of aliphatic hydroxyl groups is 2. The highest BCUT2D eigenvalue weighted by atomic mass is 16.3. The van der Waals surface area contributed by atoms with Crippen molar-refractivity contribution in [3.63, 3.8) is 0 Å². The standard InChI is InChI=1S/C12H18O3/c1-7(2)9-5-4-8(3)12(15)11(9)10(14)6-13/h4-5,7,10,13-15H,6H2,1-3H3. The van der Waals surface area contributed by atoms with Gasteiger partial charge in [-0.15, -0.1) is 0 Å². The van der Waals surface area contributed by atoms with Crippen LogP contribution >= 0.6 is 0 Å². The smallest absolute Gasteiger partial charge is 0.124 e. The zero-order chi connectivity index (χ0) is 11.6. The van der Waals surface area contributed by atoms with Gasteiger partial charge in [-0.3, -0.25) is 0 Å². The number of hydrogen-bond acceptors (Lipinski definition) is 3. The fourth-order valence-electron chi connectivity index (χ4n) is 1.68. The summed E-state index contributed by atoms with van der Waals surface area (Å²) in [6, 6.07) is 3.70. The molecule has 3 nitrogen and oxygen atoms in total. The van der Waals surface area contributed by atoms with Crippen LogP contribution in [0.1, 0.15) is 42.6 Å². The van der Waals surface area contributed by atoms with E-state index < -0.39 is 6.10 Å². The van der Waals surface area contributed by atoms with E-state index >= 15 is 0 Å². The van der Waals surface area contributed by atoms with Gasteiger partial charge in [0, 0.05) is 5.56 Å². The molecule has 0 spiro atoms. The molecule has 1 atom stereocenters. The van der Waals surface area contributed by atoms with Gasteiger partial charge in [-0.05, 0) is 24.0 Å². The Morgan fingerprint density at radius 2 is 1.87 bits per heavy atom. The molecule has 0 aliphatic rings. The molecule has 0 aliphatic carbocycles. The maximum Gasteiger partial charge on any atom is 0.124 e. The molecule has 84 valence electrons. The first-order chi connectivity index (χ1) is 6.99. The second kappa shape index (κ2) is 4.64. The topological polar surface area (TPSA) is 60.7 Å². The van der Waals surface area contributed by atoms with E-state index in [1.807, 2.05) is 26.0 Å². The van der Waals surface area contributed by atoms with Crippen molar-refractivity contribution in [2.45, 2.75) is 32.8 Å². The average molecular weight is 210 g/mol. The van der Waals surface area contributed by atoms with Gasteiger partial charge < -0.3 is 15.3 Å². The normalized spacial score (nSPS) is 13.2. The summed E-state index contributed by atoms with van der Waals surface area (Å²) in [6.07, 6.45) is -1.01. The Balaban J connectivity index is 3.35. The molecule has 0 fully saturated rings. The number of phenols is 1. The lowest BCUT2D eigenvalue weighted by Crippen LogP contribution is -2.08. The van der Waals surface area contributed by atoms with E-state index in [0.717, 1.165) is 5.56 Å². The molecule has 3 N–H and O–H groups in total. The zero-order valence-corrected chi connectivity index (χ0v) is 9.36. The van der Waals surface area contributed by atoms with Gasteiger partial charge in [0.15, 0.2) is 0 Å². The second-order valence-electron chi connectivity index (χ2n) is 4.09. The van der Waals surface area contributed by atoms with Gasteiger partial charge in [0.2, 0.25) is 0 Å². The minimum atomic E-state index is -1.01. The molecule has 0 amide bonds. The van der Waals surface area contributed by atoms with Gasteiger partial charge in [0.1, 0.15) is 11.9 Å². The van der Waals surface area contributed by atoms with Crippen LogP contribution in [-0.2, 0) is 0 Å². The second-order valence-corrected chi connectivity index (χ2v) is 4.09. The molecule has 1 aromatic carbocycles. The summed E-state index contributed by atoms with van der Waals surface area (Å²) < 4.78 is 0. The highest BCUT2D eigenvalue weighted by Crippen LogP contribution is 2.34. The van der Waals surface area contributed by atoms with E-state index in [4.69, 9.17) is 5.11 Å². The molecular weight excluding hydrogens is 192 g/mol. The van der Waals surface area contributed by atoms with Crippen molar-refractivity contribution >= 4 is 0 Å². The average Bonchev–Trinajstić information content (AvgIpc) is 2.20. The molecule has 0 bridgehead atoms. The number of benzene rings is 1. The zero-order valence-electron chi connectivity index (χ0n) is 9.36. The Morgan fingerprint density at radius 3 is 2.33 bits per heavy atom. The molecule has 1 rings (SSSR count). The van der Waals surface area contributed by atoms with E-state index in [-0.39, 0.29) is 18.3 Å². The van der Waals surface area contributed by atoms with Crippen LogP contribution in [0.5, 0.6) is 5.75 Å². The van der Waals surface area contributed by atoms with Crippen LogP contribution in [0.25, 0.3) is 0 Å². The third kappa shape index (κ3) is 2.30. The van der Waals surface area contributed by atoms with Crippen molar-refractivity contribution in [1.82, 2.24) is 0 Å². The van der Waals surface area contributed by atoms with Crippen LogP contribution in [0.2, 0.25) is 0 Å². The van der Waals surface area contributed by atoms with Crippen molar-refractivity contribution in [3.05, 3.63) is 28.8 Å². The van der Waals surface area contributed by atoms with Crippen LogP contribution in [0.4, 0.5) is 0 Å². The Labute approximate surface area is 90.0 Å². The minimum absolute atomic E-state index is 0.0859. The Morgan fingerprint density at radius 1 is 1.27 bits per heavy atom. The first-order valence-electron chi connectivity index (χ1n) is 5.10. The lowest BCUT2D eigenvalue weighted by Gasteiger charge is -2.19. The molecule has 1 aromatic rings. The lowest BCUT2D eigenvalue weighted by atomic mass is 9.91. The highest BCUT2D eigenvalue weighted by molar-refractivity contribution is 5.47. The lowest BCUT2D eigenvalue weighted by molar-refractivity contribution is 0.0924. The maximum absolute atomic E-state index is 9.86. The number of aliphatic hydroxyl groups excluding tert-OH is 2. The Bertz CT molecular complexity index is 345. The summed E-state index contributed by atoms with van der Waals surface area (Å²) in [4.78, 5) is 0. The summed E-state index contributed by atoms with van der Waals surface area (Å²) in [5.74, 6) is 0.287. The van der Waals surface area contributed by atoms with E-state index in [2.05, 4.69) is 0 Å². The molecule has 0 saturated carbocycles. The maximum atomic E-state index is 9.86. The third-order valence-electron chi connectivity index (χ3n) is 2.58. The monoisotopic (exact) mass is 210 g/mol. The van der Waals surface area contributed by atoms with Crippen molar-refractivity contribution in [2.24, 2.45) is 0 Å². The predicted octanol–water partition coefficient (Wildman–Crippen LogP) is 1.85. The van der Waals surface area contributed by atoms with Crippen LogP contribution in [0.15, 0.2) is 12.1 Å². The van der Waals surface area contributed by atoms with Gasteiger partial charge in [0.05, 0.1) is 6.61 Å². The number of rotatable bonds is 3. The summed E-state index contributed by atoms with van der Waals surface area (Å²) in [6.45, 7) is 5.36. The Kier molecular flexibility index (Phi) is 3.72. The SMILES string of the molecule is Cc1ccc(C(C)C)c(C(O)CO)c1O. The van der Waals surface area contributed by atoms with E-state index in [9.17, 15) is 10.2 Å². The summed E-state index contributed by atoms with van der Waals surface area (Å²) in [5, 5.41) is 28.5. The number of phenolic OH excluding ortho intramolecular Hbond substituents is 1. The summed E-state index contributed by atoms with van der Waals surface area (Å²) in [5.41, 5.74) is 2.04. The van der Waals surface area contributed by atoms with Crippen molar-refractivity contribution in [1.29, 1.82) is 0 Å². The van der Waals surface area contributed by atoms with Crippen LogP contribution in [0, 0.1) is 6.92 Å². The first-order valence-corrected chi connectivity index (χ1v) is 5.10. The number of aromatic hydroxyl groups is 1. The fraction of sp³-hybridized carbons (Fsp3) is 0.500. The van der Waals surface area contributed by atoms with Gasteiger partial charge in [-0.25, -0.2) is 0 Å². The molecule has 0 radical (unpaired) electrons. The third-order valence-corrected chi connectivity index (χ3v) is 2.58. The van der Waals surface area contributed by atoms with E-state index in [0.29, 0.717) is 11.1 Å². The summed E-state index contributed by atoms with van der Waals surface area (Å²) >= 11 is 0. The van der Waals surface area contributed by atoms with Crippen molar-refractivity contribution in [3.8, 4) is 5.75 Å². The fourth-order valence-corrected chi connectivity index (χ4v) is 1.68. The van der Waals surface area contributed by atoms with Gasteiger partial charge in [-0.2, -0.15) is 0 Å². The summed E-state index contributed by atoms with van der Waals surface area (Å²) in [7, 11) is 0. The minimum Gasteiger partial charge on any atom is -0.507 e. The van der Waals surface area contributed by atoms with Crippen molar-refractivity contribution < 1.29 is 15.3 Å². The quantitative estimate of drug-likeness (QED) is 0.713. The molecule has 1 unspecified atom stereocenters. The molecular formula is C12H18O3. The first kappa shape index (κ1) is 12.0. The molecule has 0 heterocycles. The Hall–Kier alpha value is -1.06. The van der Waals surface area contributed by atoms with Crippen molar-refractivity contribution in [2.75, 3.05) is 6.61 Å². The number of aryl methyl sites for hydroxylation is 1. The van der Waals surface area contributed by atoms with E-state index in [1.165, 1.54) is 0 Å². The molecule has 0 aromatic heterocycles. The van der Waals surface area contributed by atoms with Gasteiger partial charge in [-0.1, -0.05) is 26.0 Å². The van der Waals surface area contributed by atoms with Gasteiger partial charge >= 0.3 is 0 Å². The largest absolute Gasteiger partial charge is 0.507 e. The van der Waals surface area contributed by atoms with Crippen LogP contribution < -0.4 is 0 Å². The molecule has 0 aliphatic heterocycles. The van der Waals surface area contributed by atoms with Crippen LogP contribution in [0.3, 0.4) is 0 Å². The molecule has 3 heteroatoms. The van der Waals surface area contributed by atoms with Crippen LogP contribution in [-0.4, -0.2) is 21.9 Å². The molecule has 0 saturated heterocycles. The molecule has 15 heavy (non-hydrogen) atoms. The predicted molar refractivity (Wildman–Crippen MR) is 59.0 cm³/mol. The van der Waals surface area contributed by atoms with Gasteiger partial charge in [0.25, 0.3) is 0 Å².